The molecule has 1 aliphatic heterocycles. The number of hydrogen-bond donors (Lipinski definition) is 1. The standard InChI is InChI=1S/C18H32N2O/c1-5-18(3,4)15-7-6-14(11-19)16(10-15)20-9-8-13(2)17(21)12-20/h13-17,21H,5-10,12H2,1-4H3. The van der Waals surface area contributed by atoms with Gasteiger partial charge >= 0.3 is 0 Å². The minimum atomic E-state index is -0.224. The average Bonchev–Trinajstić information content (AvgIpc) is 2.49. The molecule has 0 bridgehead atoms. The minimum Gasteiger partial charge on any atom is -0.392 e. The third kappa shape index (κ3) is 3.60. The Labute approximate surface area is 130 Å². The number of aliphatic hydroxyl groups is 1. The van der Waals surface area contributed by atoms with E-state index >= 15 is 0 Å². The molecule has 2 rings (SSSR count). The number of aliphatic hydroxyl groups excluding tert-OH is 1. The average molecular weight is 292 g/mol. The van der Waals surface area contributed by atoms with Crippen molar-refractivity contribution < 1.29 is 5.11 Å². The van der Waals surface area contributed by atoms with Gasteiger partial charge in [0.05, 0.1) is 18.1 Å². The first kappa shape index (κ1) is 16.8. The van der Waals surface area contributed by atoms with Crippen molar-refractivity contribution in [2.24, 2.45) is 23.2 Å². The number of nitrogens with zero attached hydrogens (tertiary/aromatic N) is 2. The van der Waals surface area contributed by atoms with Gasteiger partial charge in [0.15, 0.2) is 0 Å². The summed E-state index contributed by atoms with van der Waals surface area (Å²) in [7, 11) is 0. The Morgan fingerprint density at radius 3 is 2.57 bits per heavy atom. The van der Waals surface area contributed by atoms with Crippen LogP contribution < -0.4 is 0 Å². The van der Waals surface area contributed by atoms with Gasteiger partial charge in [0.2, 0.25) is 0 Å². The van der Waals surface area contributed by atoms with E-state index in [1.165, 1.54) is 12.8 Å². The SMILES string of the molecule is CCC(C)(C)C1CCC(C#N)C(N2CCC(C)C(O)C2)C1. The number of rotatable bonds is 3. The molecule has 120 valence electrons. The molecule has 3 heteroatoms. The monoisotopic (exact) mass is 292 g/mol. The van der Waals surface area contributed by atoms with E-state index in [2.05, 4.69) is 38.7 Å². The molecule has 1 saturated heterocycles. The molecule has 1 N–H and O–H groups in total. The normalized spacial score (nSPS) is 39.0. The van der Waals surface area contributed by atoms with Crippen LogP contribution in [0.5, 0.6) is 0 Å². The lowest BCUT2D eigenvalue weighted by atomic mass is 9.65. The molecule has 5 unspecified atom stereocenters. The molecule has 21 heavy (non-hydrogen) atoms. The van der Waals surface area contributed by atoms with Crippen LogP contribution in [0.4, 0.5) is 0 Å². The first-order chi connectivity index (χ1) is 9.89. The Morgan fingerprint density at radius 2 is 2.00 bits per heavy atom. The van der Waals surface area contributed by atoms with Gasteiger partial charge in [-0.2, -0.15) is 5.26 Å². The molecule has 1 heterocycles. The summed E-state index contributed by atoms with van der Waals surface area (Å²) in [6, 6.07) is 2.89. The number of nitriles is 1. The summed E-state index contributed by atoms with van der Waals surface area (Å²) in [5.41, 5.74) is 0.361. The molecular weight excluding hydrogens is 260 g/mol. The second kappa shape index (κ2) is 6.67. The second-order valence-corrected chi connectivity index (χ2v) is 7.98. The predicted octanol–water partition coefficient (Wildman–Crippen LogP) is 3.43. The van der Waals surface area contributed by atoms with Crippen molar-refractivity contribution in [1.82, 2.24) is 4.90 Å². The van der Waals surface area contributed by atoms with Crippen molar-refractivity contribution in [3.63, 3.8) is 0 Å². The minimum absolute atomic E-state index is 0.148. The summed E-state index contributed by atoms with van der Waals surface area (Å²) >= 11 is 0. The van der Waals surface area contributed by atoms with Crippen molar-refractivity contribution >= 4 is 0 Å². The summed E-state index contributed by atoms with van der Waals surface area (Å²) in [6.07, 6.45) is 5.36. The molecule has 1 aliphatic carbocycles. The lowest BCUT2D eigenvalue weighted by molar-refractivity contribution is -0.0222. The molecule has 0 aromatic rings. The van der Waals surface area contributed by atoms with Crippen LogP contribution in [0.15, 0.2) is 0 Å². The molecule has 2 fully saturated rings. The predicted molar refractivity (Wildman–Crippen MR) is 85.7 cm³/mol. The van der Waals surface area contributed by atoms with Gasteiger partial charge in [0.25, 0.3) is 0 Å². The van der Waals surface area contributed by atoms with Gasteiger partial charge in [-0.05, 0) is 49.5 Å². The van der Waals surface area contributed by atoms with E-state index in [-0.39, 0.29) is 12.0 Å². The first-order valence-corrected chi connectivity index (χ1v) is 8.70. The summed E-state index contributed by atoms with van der Waals surface area (Å²) in [4.78, 5) is 2.41. The molecular formula is C18H32N2O. The van der Waals surface area contributed by atoms with Crippen LogP contribution in [0.1, 0.15) is 59.8 Å². The van der Waals surface area contributed by atoms with E-state index in [4.69, 9.17) is 0 Å². The molecule has 0 aromatic heterocycles. The van der Waals surface area contributed by atoms with Crippen LogP contribution in [0.2, 0.25) is 0 Å². The molecule has 0 aromatic carbocycles. The quantitative estimate of drug-likeness (QED) is 0.867. The van der Waals surface area contributed by atoms with Gasteiger partial charge in [-0.1, -0.05) is 34.1 Å². The zero-order chi connectivity index (χ0) is 15.6. The maximum atomic E-state index is 10.2. The van der Waals surface area contributed by atoms with Gasteiger partial charge in [0.1, 0.15) is 0 Å². The molecule has 0 spiro atoms. The van der Waals surface area contributed by atoms with E-state index in [0.717, 1.165) is 32.4 Å². The Balaban J connectivity index is 2.09. The molecule has 0 amide bonds. The van der Waals surface area contributed by atoms with Gasteiger partial charge < -0.3 is 5.11 Å². The second-order valence-electron chi connectivity index (χ2n) is 7.98. The maximum Gasteiger partial charge on any atom is 0.0693 e. The highest BCUT2D eigenvalue weighted by Gasteiger charge is 2.41. The van der Waals surface area contributed by atoms with Crippen LogP contribution in [-0.2, 0) is 0 Å². The largest absolute Gasteiger partial charge is 0.392 e. The highest BCUT2D eigenvalue weighted by atomic mass is 16.3. The Morgan fingerprint density at radius 1 is 1.29 bits per heavy atom. The van der Waals surface area contributed by atoms with Crippen molar-refractivity contribution in [2.45, 2.75) is 71.9 Å². The molecule has 0 radical (unpaired) electrons. The summed E-state index contributed by atoms with van der Waals surface area (Å²) < 4.78 is 0. The zero-order valence-electron chi connectivity index (χ0n) is 14.2. The summed E-state index contributed by atoms with van der Waals surface area (Å²) in [5, 5.41) is 19.7. The van der Waals surface area contributed by atoms with E-state index in [0.29, 0.717) is 23.3 Å². The molecule has 1 saturated carbocycles. The van der Waals surface area contributed by atoms with Crippen molar-refractivity contribution in [1.29, 1.82) is 5.26 Å². The maximum absolute atomic E-state index is 10.2. The first-order valence-electron chi connectivity index (χ1n) is 8.70. The Bertz CT molecular complexity index is 387. The summed E-state index contributed by atoms with van der Waals surface area (Å²) in [6.45, 7) is 10.9. The lowest BCUT2D eigenvalue weighted by Gasteiger charge is -2.47. The zero-order valence-corrected chi connectivity index (χ0v) is 14.2. The molecule has 5 atom stereocenters. The number of likely N-dealkylation sites (tertiary alicyclic amines) is 1. The highest BCUT2D eigenvalue weighted by molar-refractivity contribution is 5.01. The smallest absolute Gasteiger partial charge is 0.0693 e. The van der Waals surface area contributed by atoms with Gasteiger partial charge in [0, 0.05) is 12.6 Å². The van der Waals surface area contributed by atoms with E-state index in [1.807, 2.05) is 0 Å². The number of β-amino-alcohol motifs (C(OH)–C–C–N with tert-alkyl or cyclic N) is 1. The van der Waals surface area contributed by atoms with Gasteiger partial charge in [-0.25, -0.2) is 0 Å². The Kier molecular flexibility index (Phi) is 5.33. The summed E-state index contributed by atoms with van der Waals surface area (Å²) in [5.74, 6) is 1.25. The fourth-order valence-electron chi connectivity index (χ4n) is 4.07. The third-order valence-electron chi connectivity index (χ3n) is 6.42. The number of hydrogen-bond acceptors (Lipinski definition) is 3. The van der Waals surface area contributed by atoms with Crippen LogP contribution >= 0.6 is 0 Å². The van der Waals surface area contributed by atoms with E-state index < -0.39 is 0 Å². The van der Waals surface area contributed by atoms with Crippen LogP contribution in [0.3, 0.4) is 0 Å². The molecule has 3 nitrogen and oxygen atoms in total. The van der Waals surface area contributed by atoms with E-state index in [9.17, 15) is 10.4 Å². The van der Waals surface area contributed by atoms with Crippen LogP contribution in [-0.4, -0.2) is 35.2 Å². The van der Waals surface area contributed by atoms with Crippen LogP contribution in [0, 0.1) is 34.5 Å². The number of piperidine rings is 1. The van der Waals surface area contributed by atoms with Crippen molar-refractivity contribution in [3.05, 3.63) is 0 Å². The van der Waals surface area contributed by atoms with Crippen LogP contribution in [0.25, 0.3) is 0 Å². The topological polar surface area (TPSA) is 47.3 Å². The molecule has 2 aliphatic rings. The fraction of sp³-hybridized carbons (Fsp3) is 0.944. The van der Waals surface area contributed by atoms with Gasteiger partial charge in [-0.3, -0.25) is 4.90 Å². The highest BCUT2D eigenvalue weighted by Crippen LogP contribution is 2.44. The third-order valence-corrected chi connectivity index (χ3v) is 6.42. The lowest BCUT2D eigenvalue weighted by Crippen LogP contribution is -2.52. The van der Waals surface area contributed by atoms with Crippen molar-refractivity contribution in [2.75, 3.05) is 13.1 Å². The van der Waals surface area contributed by atoms with Gasteiger partial charge in [-0.15, -0.1) is 0 Å². The Hall–Kier alpha value is -0.590. The van der Waals surface area contributed by atoms with E-state index in [1.54, 1.807) is 0 Å². The fourth-order valence-corrected chi connectivity index (χ4v) is 4.07. The van der Waals surface area contributed by atoms with Crippen molar-refractivity contribution in [3.8, 4) is 6.07 Å².